The Kier molecular flexibility index (Phi) is 5.68. The zero-order chi connectivity index (χ0) is 21.3. The summed E-state index contributed by atoms with van der Waals surface area (Å²) in [6, 6.07) is 6.71. The number of H-pyrrole nitrogens is 1. The van der Waals surface area contributed by atoms with Crippen molar-refractivity contribution in [2.45, 2.75) is 24.9 Å². The van der Waals surface area contributed by atoms with Crippen molar-refractivity contribution in [1.82, 2.24) is 19.5 Å². The van der Waals surface area contributed by atoms with E-state index < -0.39 is 29.9 Å². The van der Waals surface area contributed by atoms with E-state index in [0.717, 1.165) is 0 Å². The van der Waals surface area contributed by atoms with Crippen LogP contribution < -0.4 is 15.6 Å². The van der Waals surface area contributed by atoms with Crippen molar-refractivity contribution >= 4 is 34.6 Å². The second kappa shape index (κ2) is 8.40. The standard InChI is InChI=1S/C18H18ClN5O6/c19-9-3-1-2-4-11(9)29-7-13(27)21-18-22-16-15(17(28)23-18)20-8-24(16)14-5-10(26)12(6-25)30-14/h1-4,8,10,12,14,25-26H,5-7H2,(H2,21,22,23,27,28)/t10-,12+,14+/m0/s1. The van der Waals surface area contributed by atoms with E-state index in [9.17, 15) is 19.8 Å². The number of fused-ring (bicyclic) bond motifs is 1. The van der Waals surface area contributed by atoms with E-state index in [1.165, 1.54) is 10.9 Å². The summed E-state index contributed by atoms with van der Waals surface area (Å²) in [5.74, 6) is -0.310. The van der Waals surface area contributed by atoms with Crippen molar-refractivity contribution in [2.24, 2.45) is 0 Å². The molecule has 0 bridgehead atoms. The summed E-state index contributed by atoms with van der Waals surface area (Å²) in [6.45, 7) is -0.689. The molecule has 3 atom stereocenters. The molecule has 4 N–H and O–H groups in total. The number of aliphatic hydroxyl groups is 2. The van der Waals surface area contributed by atoms with E-state index >= 15 is 0 Å². The number of nitrogens with zero attached hydrogens (tertiary/aromatic N) is 3. The first-order chi connectivity index (χ1) is 14.5. The quantitative estimate of drug-likeness (QED) is 0.435. The van der Waals surface area contributed by atoms with Crippen LogP contribution in [0.3, 0.4) is 0 Å². The first kappa shape index (κ1) is 20.3. The molecule has 3 aromatic rings. The largest absolute Gasteiger partial charge is 0.482 e. The Morgan fingerprint density at radius 3 is 2.97 bits per heavy atom. The summed E-state index contributed by atoms with van der Waals surface area (Å²) in [6.07, 6.45) is -0.714. The Bertz CT molecular complexity index is 1130. The van der Waals surface area contributed by atoms with Crippen LogP contribution in [0, 0.1) is 0 Å². The van der Waals surface area contributed by atoms with Gasteiger partial charge in [0, 0.05) is 6.42 Å². The molecule has 0 unspecified atom stereocenters. The molecule has 1 amide bonds. The molecule has 0 aliphatic carbocycles. The number of ether oxygens (including phenoxy) is 2. The van der Waals surface area contributed by atoms with Crippen LogP contribution in [0.5, 0.6) is 5.75 Å². The highest BCUT2D eigenvalue weighted by Crippen LogP contribution is 2.30. The average molecular weight is 436 g/mol. The number of rotatable bonds is 6. The van der Waals surface area contributed by atoms with E-state index in [2.05, 4.69) is 20.3 Å². The number of hydrogen-bond donors (Lipinski definition) is 4. The minimum Gasteiger partial charge on any atom is -0.482 e. The zero-order valence-corrected chi connectivity index (χ0v) is 16.2. The zero-order valence-electron chi connectivity index (χ0n) is 15.5. The lowest BCUT2D eigenvalue weighted by molar-refractivity contribution is -0.118. The first-order valence-electron chi connectivity index (χ1n) is 9.04. The monoisotopic (exact) mass is 435 g/mol. The van der Waals surface area contributed by atoms with Gasteiger partial charge in [-0.1, -0.05) is 23.7 Å². The summed E-state index contributed by atoms with van der Waals surface area (Å²) < 4.78 is 12.4. The molecule has 0 radical (unpaired) electrons. The molecular weight excluding hydrogens is 418 g/mol. The molecule has 11 nitrogen and oxygen atoms in total. The number of anilines is 1. The van der Waals surface area contributed by atoms with E-state index in [1.807, 2.05) is 0 Å². The number of aromatic amines is 1. The number of para-hydroxylation sites is 1. The lowest BCUT2D eigenvalue weighted by atomic mass is 10.2. The molecule has 1 aliphatic heterocycles. The highest BCUT2D eigenvalue weighted by atomic mass is 35.5. The van der Waals surface area contributed by atoms with Crippen LogP contribution in [-0.4, -0.2) is 61.1 Å². The maximum atomic E-state index is 12.3. The molecule has 1 saturated heterocycles. The summed E-state index contributed by atoms with van der Waals surface area (Å²) in [4.78, 5) is 35.2. The topological polar surface area (TPSA) is 152 Å². The van der Waals surface area contributed by atoms with E-state index in [4.69, 9.17) is 21.1 Å². The maximum absolute atomic E-state index is 12.3. The minimum atomic E-state index is -0.861. The molecule has 158 valence electrons. The number of hydrogen-bond acceptors (Lipinski definition) is 8. The molecule has 1 aliphatic rings. The Morgan fingerprint density at radius 2 is 2.23 bits per heavy atom. The van der Waals surface area contributed by atoms with Gasteiger partial charge >= 0.3 is 0 Å². The number of benzene rings is 1. The first-order valence-corrected chi connectivity index (χ1v) is 9.42. The van der Waals surface area contributed by atoms with Crippen molar-refractivity contribution in [1.29, 1.82) is 0 Å². The van der Waals surface area contributed by atoms with Crippen LogP contribution in [0.2, 0.25) is 5.02 Å². The molecule has 0 saturated carbocycles. The van der Waals surface area contributed by atoms with Crippen molar-refractivity contribution in [3.8, 4) is 5.75 Å². The lowest BCUT2D eigenvalue weighted by Gasteiger charge is -2.14. The van der Waals surface area contributed by atoms with Gasteiger partial charge in [0.1, 0.15) is 18.1 Å². The maximum Gasteiger partial charge on any atom is 0.280 e. The van der Waals surface area contributed by atoms with Gasteiger partial charge in [0.2, 0.25) is 5.95 Å². The number of amides is 1. The summed E-state index contributed by atoms with van der Waals surface area (Å²) in [7, 11) is 0. The third kappa shape index (κ3) is 4.00. The summed E-state index contributed by atoms with van der Waals surface area (Å²) in [5.41, 5.74) is -0.346. The van der Waals surface area contributed by atoms with Gasteiger partial charge in [0.05, 0.1) is 24.1 Å². The lowest BCUT2D eigenvalue weighted by Crippen LogP contribution is -2.24. The minimum absolute atomic E-state index is 0.0471. The molecule has 4 rings (SSSR count). The van der Waals surface area contributed by atoms with Crippen molar-refractivity contribution in [3.05, 3.63) is 46.0 Å². The fourth-order valence-corrected chi connectivity index (χ4v) is 3.31. The van der Waals surface area contributed by atoms with Crippen molar-refractivity contribution < 1.29 is 24.5 Å². The van der Waals surface area contributed by atoms with E-state index in [1.54, 1.807) is 24.3 Å². The van der Waals surface area contributed by atoms with Crippen LogP contribution in [0.4, 0.5) is 5.95 Å². The number of carbonyl (C=O) groups excluding carboxylic acids is 1. The number of aliphatic hydroxyl groups excluding tert-OH is 2. The summed E-state index contributed by atoms with van der Waals surface area (Å²) >= 11 is 5.98. The summed E-state index contributed by atoms with van der Waals surface area (Å²) in [5, 5.41) is 22.0. The van der Waals surface area contributed by atoms with Gasteiger partial charge in [-0.3, -0.25) is 24.5 Å². The van der Waals surface area contributed by atoms with Crippen LogP contribution in [0.1, 0.15) is 12.6 Å². The van der Waals surface area contributed by atoms with Crippen LogP contribution in [0.25, 0.3) is 11.2 Å². The second-order valence-electron chi connectivity index (χ2n) is 6.62. The van der Waals surface area contributed by atoms with Gasteiger partial charge in [-0.25, -0.2) is 4.98 Å². The normalized spacial score (nSPS) is 21.1. The highest BCUT2D eigenvalue weighted by molar-refractivity contribution is 6.32. The molecule has 1 fully saturated rings. The van der Waals surface area contributed by atoms with E-state index in [-0.39, 0.29) is 36.7 Å². The molecule has 12 heteroatoms. The SMILES string of the molecule is O=C(COc1ccccc1Cl)Nc1nc2c(ncn2[C@H]2C[C@H](O)[C@@H](CO)O2)c(=O)[nH]1. The van der Waals surface area contributed by atoms with E-state index in [0.29, 0.717) is 10.8 Å². The molecule has 3 heterocycles. The van der Waals surface area contributed by atoms with Gasteiger partial charge < -0.3 is 19.7 Å². The van der Waals surface area contributed by atoms with Crippen LogP contribution in [0.15, 0.2) is 35.4 Å². The number of carbonyl (C=O) groups is 1. The Labute approximate surface area is 174 Å². The van der Waals surface area contributed by atoms with Gasteiger partial charge in [0.25, 0.3) is 11.5 Å². The highest BCUT2D eigenvalue weighted by Gasteiger charge is 2.35. The fourth-order valence-electron chi connectivity index (χ4n) is 3.12. The van der Waals surface area contributed by atoms with Gasteiger partial charge in [-0.05, 0) is 12.1 Å². The molecule has 0 spiro atoms. The number of aromatic nitrogens is 4. The Hall–Kier alpha value is -2.99. The predicted molar refractivity (Wildman–Crippen MR) is 105 cm³/mol. The molecular formula is C18H18ClN5O6. The molecule has 2 aromatic heterocycles. The number of nitrogens with one attached hydrogen (secondary N) is 2. The van der Waals surface area contributed by atoms with Crippen LogP contribution >= 0.6 is 11.6 Å². The number of halogens is 1. The van der Waals surface area contributed by atoms with Gasteiger partial charge in [0.15, 0.2) is 17.8 Å². The smallest absolute Gasteiger partial charge is 0.280 e. The predicted octanol–water partition coefficient (Wildman–Crippen LogP) is 0.431. The van der Waals surface area contributed by atoms with Crippen LogP contribution in [-0.2, 0) is 9.53 Å². The fraction of sp³-hybridized carbons (Fsp3) is 0.333. The second-order valence-corrected chi connectivity index (χ2v) is 7.03. The average Bonchev–Trinajstić information content (AvgIpc) is 3.30. The van der Waals surface area contributed by atoms with Gasteiger partial charge in [-0.15, -0.1) is 0 Å². The molecule has 1 aromatic carbocycles. The third-order valence-corrected chi connectivity index (χ3v) is 4.89. The number of imidazole rings is 1. The van der Waals surface area contributed by atoms with Gasteiger partial charge in [-0.2, -0.15) is 4.98 Å². The molecule has 30 heavy (non-hydrogen) atoms. The van der Waals surface area contributed by atoms with Crippen molar-refractivity contribution in [2.75, 3.05) is 18.5 Å². The third-order valence-electron chi connectivity index (χ3n) is 4.58. The Morgan fingerprint density at radius 1 is 1.43 bits per heavy atom. The Balaban J connectivity index is 1.52. The van der Waals surface area contributed by atoms with Crippen molar-refractivity contribution in [3.63, 3.8) is 0 Å².